The number of hydrogen-bond donors (Lipinski definition) is 0. The first-order valence-electron chi connectivity index (χ1n) is 4.65. The van der Waals surface area contributed by atoms with Gasteiger partial charge in [-0.25, -0.2) is 0 Å². The third kappa shape index (κ3) is 1.99. The maximum atomic E-state index is 3.36. The Bertz CT molecular complexity index is 178. The van der Waals surface area contributed by atoms with Gasteiger partial charge in [-0.15, -0.1) is 5.92 Å². The van der Waals surface area contributed by atoms with Crippen molar-refractivity contribution in [1.29, 1.82) is 0 Å². The quantitative estimate of drug-likeness (QED) is 0.530. The molecule has 0 saturated heterocycles. The summed E-state index contributed by atoms with van der Waals surface area (Å²) in [7, 11) is 0. The first-order chi connectivity index (χ1) is 5.17. The van der Waals surface area contributed by atoms with E-state index in [4.69, 9.17) is 0 Å². The van der Waals surface area contributed by atoms with Crippen LogP contribution in [0.1, 0.15) is 46.5 Å². The van der Waals surface area contributed by atoms with E-state index in [9.17, 15) is 0 Å². The van der Waals surface area contributed by atoms with Gasteiger partial charge in [0.2, 0.25) is 0 Å². The van der Waals surface area contributed by atoms with E-state index in [1.54, 1.807) is 0 Å². The van der Waals surface area contributed by atoms with E-state index in [1.807, 2.05) is 0 Å². The van der Waals surface area contributed by atoms with Gasteiger partial charge in [-0.3, -0.25) is 0 Å². The highest BCUT2D eigenvalue weighted by molar-refractivity contribution is 5.10. The summed E-state index contributed by atoms with van der Waals surface area (Å²) in [6, 6.07) is 0. The zero-order valence-corrected chi connectivity index (χ0v) is 7.91. The molecule has 0 N–H and O–H groups in total. The molecule has 0 aromatic heterocycles. The van der Waals surface area contributed by atoms with Crippen LogP contribution in [0.4, 0.5) is 0 Å². The Balaban J connectivity index is 2.63. The zero-order valence-electron chi connectivity index (χ0n) is 7.91. The Morgan fingerprint density at radius 2 is 2.18 bits per heavy atom. The Morgan fingerprint density at radius 3 is 2.64 bits per heavy atom. The molecule has 0 aromatic rings. The lowest BCUT2D eigenvalue weighted by molar-refractivity contribution is 0.239. The van der Waals surface area contributed by atoms with E-state index in [2.05, 4.69) is 32.6 Å². The second kappa shape index (κ2) is 3.30. The standard InChI is InChI=1S/C11H18/c1-4-11(2,3)10-8-6-5-7-9-10/h10H,4-6,8H2,1-3H3. The van der Waals surface area contributed by atoms with Crippen LogP contribution in [-0.2, 0) is 0 Å². The average Bonchev–Trinajstić information content (AvgIpc) is 2.06. The van der Waals surface area contributed by atoms with Crippen molar-refractivity contribution in [3.63, 3.8) is 0 Å². The van der Waals surface area contributed by atoms with Crippen molar-refractivity contribution in [2.45, 2.75) is 46.5 Å². The van der Waals surface area contributed by atoms with Crippen molar-refractivity contribution < 1.29 is 0 Å². The summed E-state index contributed by atoms with van der Waals surface area (Å²) >= 11 is 0. The van der Waals surface area contributed by atoms with E-state index in [0.717, 1.165) is 6.42 Å². The van der Waals surface area contributed by atoms with Crippen LogP contribution in [0.5, 0.6) is 0 Å². The van der Waals surface area contributed by atoms with Gasteiger partial charge < -0.3 is 0 Å². The van der Waals surface area contributed by atoms with Gasteiger partial charge in [0.1, 0.15) is 0 Å². The third-order valence-electron chi connectivity index (χ3n) is 2.93. The van der Waals surface area contributed by atoms with Gasteiger partial charge in [-0.05, 0) is 24.7 Å². The van der Waals surface area contributed by atoms with E-state index in [1.165, 1.54) is 19.3 Å². The molecule has 0 fully saturated rings. The Labute approximate surface area is 70.4 Å². The highest BCUT2D eigenvalue weighted by atomic mass is 14.3. The largest absolute Gasteiger partial charge is 0.103 e. The molecule has 1 atom stereocenters. The molecule has 0 spiro atoms. The minimum Gasteiger partial charge on any atom is -0.103 e. The topological polar surface area (TPSA) is 0 Å². The molecule has 0 aromatic carbocycles. The van der Waals surface area contributed by atoms with Crippen molar-refractivity contribution in [1.82, 2.24) is 0 Å². The lowest BCUT2D eigenvalue weighted by Gasteiger charge is -2.30. The van der Waals surface area contributed by atoms with Gasteiger partial charge in [0.05, 0.1) is 0 Å². The van der Waals surface area contributed by atoms with Crippen LogP contribution < -0.4 is 0 Å². The molecule has 11 heavy (non-hydrogen) atoms. The maximum absolute atomic E-state index is 3.36. The minimum absolute atomic E-state index is 0.438. The molecule has 1 unspecified atom stereocenters. The molecule has 62 valence electrons. The van der Waals surface area contributed by atoms with Crippen LogP contribution >= 0.6 is 0 Å². The van der Waals surface area contributed by atoms with Crippen molar-refractivity contribution in [2.75, 3.05) is 0 Å². The maximum Gasteiger partial charge on any atom is 0.0254 e. The molecule has 1 aliphatic rings. The molecular formula is C11H18. The van der Waals surface area contributed by atoms with Gasteiger partial charge in [-0.1, -0.05) is 26.7 Å². The van der Waals surface area contributed by atoms with Gasteiger partial charge in [-0.2, -0.15) is 0 Å². The van der Waals surface area contributed by atoms with E-state index >= 15 is 0 Å². The first-order valence-corrected chi connectivity index (χ1v) is 4.65. The predicted octanol–water partition coefficient (Wildman–Crippen LogP) is 3.23. The van der Waals surface area contributed by atoms with Crippen molar-refractivity contribution in [3.8, 4) is 11.8 Å². The molecular weight excluding hydrogens is 132 g/mol. The zero-order chi connectivity index (χ0) is 8.32. The lowest BCUT2D eigenvalue weighted by atomic mass is 9.73. The van der Waals surface area contributed by atoms with Crippen molar-refractivity contribution in [2.24, 2.45) is 11.3 Å². The molecule has 0 heteroatoms. The van der Waals surface area contributed by atoms with E-state index in [0.29, 0.717) is 11.3 Å². The number of rotatable bonds is 2. The fourth-order valence-electron chi connectivity index (χ4n) is 1.49. The van der Waals surface area contributed by atoms with Crippen molar-refractivity contribution >= 4 is 0 Å². The summed E-state index contributed by atoms with van der Waals surface area (Å²) < 4.78 is 0. The molecule has 0 saturated carbocycles. The van der Waals surface area contributed by atoms with Crippen LogP contribution in [0.3, 0.4) is 0 Å². The molecule has 0 heterocycles. The molecule has 0 amide bonds. The van der Waals surface area contributed by atoms with Gasteiger partial charge >= 0.3 is 0 Å². The summed E-state index contributed by atoms with van der Waals surface area (Å²) in [5, 5.41) is 0. The van der Waals surface area contributed by atoms with Gasteiger partial charge in [0, 0.05) is 12.3 Å². The summed E-state index contributed by atoms with van der Waals surface area (Å²) in [4.78, 5) is 0. The smallest absolute Gasteiger partial charge is 0.0254 e. The lowest BCUT2D eigenvalue weighted by Crippen LogP contribution is -2.23. The Morgan fingerprint density at radius 1 is 1.45 bits per heavy atom. The molecule has 0 aliphatic heterocycles. The van der Waals surface area contributed by atoms with Crippen LogP contribution in [0.15, 0.2) is 0 Å². The second-order valence-electron chi connectivity index (χ2n) is 4.11. The molecule has 0 nitrogen and oxygen atoms in total. The Kier molecular flexibility index (Phi) is 2.60. The first kappa shape index (κ1) is 8.65. The Hall–Kier alpha value is -0.440. The molecule has 1 aliphatic carbocycles. The van der Waals surface area contributed by atoms with Crippen LogP contribution in [0.2, 0.25) is 0 Å². The van der Waals surface area contributed by atoms with E-state index in [-0.39, 0.29) is 0 Å². The minimum atomic E-state index is 0.438. The van der Waals surface area contributed by atoms with Crippen molar-refractivity contribution in [3.05, 3.63) is 0 Å². The highest BCUT2D eigenvalue weighted by Crippen LogP contribution is 2.34. The molecule has 0 bridgehead atoms. The molecule has 0 radical (unpaired) electrons. The summed E-state index contributed by atoms with van der Waals surface area (Å²) in [6.45, 7) is 6.92. The van der Waals surface area contributed by atoms with Crippen LogP contribution in [-0.4, -0.2) is 0 Å². The number of hydrogen-bond acceptors (Lipinski definition) is 0. The summed E-state index contributed by atoms with van der Waals surface area (Å²) in [6.07, 6.45) is 4.98. The molecule has 1 rings (SSSR count). The highest BCUT2D eigenvalue weighted by Gasteiger charge is 2.26. The SMILES string of the molecule is CCC(C)(C)C1C#CCCC1. The predicted molar refractivity (Wildman–Crippen MR) is 49.2 cm³/mol. The fraction of sp³-hybridized carbons (Fsp3) is 0.818. The summed E-state index contributed by atoms with van der Waals surface area (Å²) in [5.41, 5.74) is 0.438. The van der Waals surface area contributed by atoms with Gasteiger partial charge in [0.25, 0.3) is 0 Å². The normalized spacial score (nSPS) is 24.1. The third-order valence-corrected chi connectivity index (χ3v) is 2.93. The van der Waals surface area contributed by atoms with Crippen LogP contribution in [0.25, 0.3) is 0 Å². The average molecular weight is 150 g/mol. The monoisotopic (exact) mass is 150 g/mol. The second-order valence-corrected chi connectivity index (χ2v) is 4.11. The fourth-order valence-corrected chi connectivity index (χ4v) is 1.49. The van der Waals surface area contributed by atoms with E-state index < -0.39 is 0 Å². The summed E-state index contributed by atoms with van der Waals surface area (Å²) in [5.74, 6) is 7.24. The van der Waals surface area contributed by atoms with Gasteiger partial charge in [0.15, 0.2) is 0 Å². The van der Waals surface area contributed by atoms with Crippen LogP contribution in [0, 0.1) is 23.2 Å².